The standard InChI is InChI=1S/C11H11BrO5S/c12-10-2-1-7(5-9(10)11(13)14)17-8-3-4-18(15,16)6-8/h1-2,5,8H,3-4,6H2,(H,13,14). The van der Waals surface area contributed by atoms with Crippen LogP contribution < -0.4 is 4.74 Å². The summed E-state index contributed by atoms with van der Waals surface area (Å²) in [6.45, 7) is 0. The van der Waals surface area contributed by atoms with E-state index in [-0.39, 0.29) is 17.1 Å². The van der Waals surface area contributed by atoms with Gasteiger partial charge >= 0.3 is 5.97 Å². The lowest BCUT2D eigenvalue weighted by atomic mass is 10.2. The smallest absolute Gasteiger partial charge is 0.336 e. The van der Waals surface area contributed by atoms with Crippen LogP contribution in [0, 0.1) is 0 Å². The van der Waals surface area contributed by atoms with Gasteiger partial charge in [-0.05, 0) is 40.5 Å². The Hall–Kier alpha value is -1.08. The highest BCUT2D eigenvalue weighted by Crippen LogP contribution is 2.25. The molecule has 1 aliphatic rings. The minimum Gasteiger partial charge on any atom is -0.489 e. The molecule has 1 unspecified atom stereocenters. The lowest BCUT2D eigenvalue weighted by Crippen LogP contribution is -2.17. The number of aromatic carboxylic acids is 1. The lowest BCUT2D eigenvalue weighted by molar-refractivity contribution is 0.0695. The highest BCUT2D eigenvalue weighted by Gasteiger charge is 2.29. The van der Waals surface area contributed by atoms with Gasteiger partial charge in [-0.1, -0.05) is 0 Å². The summed E-state index contributed by atoms with van der Waals surface area (Å²) < 4.78 is 28.5. The molecular formula is C11H11BrO5S. The van der Waals surface area contributed by atoms with E-state index >= 15 is 0 Å². The minimum atomic E-state index is -3.00. The third-order valence-corrected chi connectivity index (χ3v) is 5.09. The molecule has 1 aliphatic heterocycles. The number of ether oxygens (including phenoxy) is 1. The SMILES string of the molecule is O=C(O)c1cc(OC2CCS(=O)(=O)C2)ccc1Br. The average Bonchev–Trinajstić information content (AvgIpc) is 2.60. The second kappa shape index (κ2) is 4.89. The zero-order valence-corrected chi connectivity index (χ0v) is 11.7. The molecule has 0 spiro atoms. The monoisotopic (exact) mass is 334 g/mol. The van der Waals surface area contributed by atoms with Crippen molar-refractivity contribution < 1.29 is 23.1 Å². The van der Waals surface area contributed by atoms with Gasteiger partial charge in [-0.2, -0.15) is 0 Å². The molecule has 0 saturated carbocycles. The van der Waals surface area contributed by atoms with Gasteiger partial charge in [0.25, 0.3) is 0 Å². The molecule has 5 nitrogen and oxygen atoms in total. The van der Waals surface area contributed by atoms with Crippen LogP contribution in [-0.4, -0.2) is 37.1 Å². The van der Waals surface area contributed by atoms with Crippen LogP contribution in [0.4, 0.5) is 0 Å². The fraction of sp³-hybridized carbons (Fsp3) is 0.364. The van der Waals surface area contributed by atoms with Gasteiger partial charge in [-0.3, -0.25) is 0 Å². The zero-order valence-electron chi connectivity index (χ0n) is 9.30. The van der Waals surface area contributed by atoms with E-state index in [1.807, 2.05) is 0 Å². The van der Waals surface area contributed by atoms with Crippen molar-refractivity contribution >= 4 is 31.7 Å². The Kier molecular flexibility index (Phi) is 3.63. The van der Waals surface area contributed by atoms with Gasteiger partial charge in [0.1, 0.15) is 11.9 Å². The van der Waals surface area contributed by atoms with Crippen LogP contribution in [0.2, 0.25) is 0 Å². The molecule has 0 aliphatic carbocycles. The molecule has 2 rings (SSSR count). The molecule has 0 radical (unpaired) electrons. The molecule has 1 N–H and O–H groups in total. The van der Waals surface area contributed by atoms with Crippen LogP contribution >= 0.6 is 15.9 Å². The van der Waals surface area contributed by atoms with Crippen molar-refractivity contribution in [1.29, 1.82) is 0 Å². The van der Waals surface area contributed by atoms with Crippen LogP contribution in [0.15, 0.2) is 22.7 Å². The van der Waals surface area contributed by atoms with E-state index in [1.54, 1.807) is 12.1 Å². The first-order chi connectivity index (χ1) is 8.37. The molecule has 98 valence electrons. The Labute approximate surface area is 113 Å². The highest BCUT2D eigenvalue weighted by atomic mass is 79.9. The third-order valence-electron chi connectivity index (χ3n) is 2.66. The lowest BCUT2D eigenvalue weighted by Gasteiger charge is -2.12. The molecule has 1 aromatic carbocycles. The Bertz CT molecular complexity index is 581. The van der Waals surface area contributed by atoms with Crippen LogP contribution in [0.1, 0.15) is 16.8 Å². The number of halogens is 1. The third kappa shape index (κ3) is 3.02. The van der Waals surface area contributed by atoms with Crippen molar-refractivity contribution in [2.75, 3.05) is 11.5 Å². The first-order valence-corrected chi connectivity index (χ1v) is 7.89. The average molecular weight is 335 g/mol. The van der Waals surface area contributed by atoms with Crippen molar-refractivity contribution in [1.82, 2.24) is 0 Å². The summed E-state index contributed by atoms with van der Waals surface area (Å²) in [5.41, 5.74) is 0.0911. The Morgan fingerprint density at radius 1 is 1.44 bits per heavy atom. The van der Waals surface area contributed by atoms with E-state index < -0.39 is 21.9 Å². The van der Waals surface area contributed by atoms with E-state index in [2.05, 4.69) is 15.9 Å². The van der Waals surface area contributed by atoms with Gasteiger partial charge < -0.3 is 9.84 Å². The number of rotatable bonds is 3. The number of benzene rings is 1. The highest BCUT2D eigenvalue weighted by molar-refractivity contribution is 9.10. The Morgan fingerprint density at radius 2 is 2.17 bits per heavy atom. The summed E-state index contributed by atoms with van der Waals surface area (Å²) in [7, 11) is -3.00. The largest absolute Gasteiger partial charge is 0.489 e. The number of hydrogen-bond acceptors (Lipinski definition) is 4. The maximum Gasteiger partial charge on any atom is 0.336 e. The van der Waals surface area contributed by atoms with Gasteiger partial charge in [0.05, 0.1) is 17.1 Å². The summed E-state index contributed by atoms with van der Waals surface area (Å²) >= 11 is 3.13. The summed E-state index contributed by atoms with van der Waals surface area (Å²) in [5, 5.41) is 8.95. The van der Waals surface area contributed by atoms with Crippen LogP contribution in [-0.2, 0) is 9.84 Å². The molecule has 0 bridgehead atoms. The van der Waals surface area contributed by atoms with Gasteiger partial charge in [0, 0.05) is 4.47 Å². The normalized spacial score (nSPS) is 21.7. The molecule has 0 amide bonds. The number of carboxylic acids is 1. The van der Waals surface area contributed by atoms with Crippen molar-refractivity contribution in [3.05, 3.63) is 28.2 Å². The van der Waals surface area contributed by atoms with Crippen LogP contribution in [0.5, 0.6) is 5.75 Å². The van der Waals surface area contributed by atoms with Gasteiger partial charge in [0.2, 0.25) is 0 Å². The molecule has 1 atom stereocenters. The summed E-state index contributed by atoms with van der Waals surface area (Å²) in [6.07, 6.45) is 0.0543. The fourth-order valence-corrected chi connectivity index (χ4v) is 3.79. The summed E-state index contributed by atoms with van der Waals surface area (Å²) in [6, 6.07) is 4.57. The first-order valence-electron chi connectivity index (χ1n) is 5.27. The number of sulfone groups is 1. The maximum absolute atomic E-state index is 11.3. The second-order valence-electron chi connectivity index (χ2n) is 4.09. The molecule has 1 fully saturated rings. The summed E-state index contributed by atoms with van der Waals surface area (Å²) in [5.74, 6) is -0.574. The first kappa shape index (κ1) is 13.4. The fourth-order valence-electron chi connectivity index (χ4n) is 1.79. The van der Waals surface area contributed by atoms with Crippen molar-refractivity contribution in [2.24, 2.45) is 0 Å². The van der Waals surface area contributed by atoms with E-state index in [9.17, 15) is 13.2 Å². The van der Waals surface area contributed by atoms with E-state index in [0.29, 0.717) is 16.6 Å². The second-order valence-corrected chi connectivity index (χ2v) is 7.17. The van der Waals surface area contributed by atoms with Gasteiger partial charge in [-0.25, -0.2) is 13.2 Å². The molecule has 1 saturated heterocycles. The molecule has 18 heavy (non-hydrogen) atoms. The summed E-state index contributed by atoms with van der Waals surface area (Å²) in [4.78, 5) is 10.9. The molecule has 0 aromatic heterocycles. The van der Waals surface area contributed by atoms with Crippen molar-refractivity contribution in [3.63, 3.8) is 0 Å². The number of carbonyl (C=O) groups is 1. The van der Waals surface area contributed by atoms with Crippen molar-refractivity contribution in [3.8, 4) is 5.75 Å². The van der Waals surface area contributed by atoms with Gasteiger partial charge in [-0.15, -0.1) is 0 Å². The number of carboxylic acid groups (broad SMARTS) is 1. The molecule has 1 heterocycles. The van der Waals surface area contributed by atoms with E-state index in [0.717, 1.165) is 0 Å². The molecular weight excluding hydrogens is 324 g/mol. The zero-order chi connectivity index (χ0) is 13.3. The van der Waals surface area contributed by atoms with Crippen LogP contribution in [0.25, 0.3) is 0 Å². The van der Waals surface area contributed by atoms with Gasteiger partial charge in [0.15, 0.2) is 9.84 Å². The Morgan fingerprint density at radius 3 is 2.72 bits per heavy atom. The van der Waals surface area contributed by atoms with Crippen LogP contribution in [0.3, 0.4) is 0 Å². The predicted molar refractivity (Wildman–Crippen MR) is 68.8 cm³/mol. The number of hydrogen-bond donors (Lipinski definition) is 1. The molecule has 1 aromatic rings. The predicted octanol–water partition coefficient (Wildman–Crippen LogP) is 1.71. The van der Waals surface area contributed by atoms with E-state index in [1.165, 1.54) is 6.07 Å². The topological polar surface area (TPSA) is 80.7 Å². The van der Waals surface area contributed by atoms with E-state index in [4.69, 9.17) is 9.84 Å². The maximum atomic E-state index is 11.3. The molecule has 7 heteroatoms. The Balaban J connectivity index is 2.16. The quantitative estimate of drug-likeness (QED) is 0.910. The van der Waals surface area contributed by atoms with Crippen molar-refractivity contribution in [2.45, 2.75) is 12.5 Å². The minimum absolute atomic E-state index is 0.00846.